The lowest BCUT2D eigenvalue weighted by molar-refractivity contribution is 0.281. The zero-order valence-electron chi connectivity index (χ0n) is 8.60. The van der Waals surface area contributed by atoms with Gasteiger partial charge in [-0.25, -0.2) is 0 Å². The van der Waals surface area contributed by atoms with Crippen LogP contribution in [0.4, 0.5) is 0 Å². The van der Waals surface area contributed by atoms with Crippen LogP contribution in [-0.4, -0.2) is 0 Å². The molecule has 0 aromatic rings. The first-order valence-electron chi connectivity index (χ1n) is 5.76. The standard InChI is InChI=1S/C12H22/c1-3-12(2)9-11(12)10-7-5-4-6-8-10/h10-11H,3-9H2,1-2H3. The fraction of sp³-hybridized carbons (Fsp3) is 1.00. The van der Waals surface area contributed by atoms with Gasteiger partial charge in [-0.15, -0.1) is 0 Å². The highest BCUT2D eigenvalue weighted by Crippen LogP contribution is 2.60. The zero-order valence-corrected chi connectivity index (χ0v) is 8.60. The van der Waals surface area contributed by atoms with Gasteiger partial charge in [-0.3, -0.25) is 0 Å². The van der Waals surface area contributed by atoms with Crippen molar-refractivity contribution >= 4 is 0 Å². The Morgan fingerprint density at radius 1 is 1.17 bits per heavy atom. The van der Waals surface area contributed by atoms with Crippen LogP contribution in [0.1, 0.15) is 58.8 Å². The SMILES string of the molecule is CCC1(C)CC1C1CCCCC1. The van der Waals surface area contributed by atoms with Crippen LogP contribution in [0.15, 0.2) is 0 Å². The van der Waals surface area contributed by atoms with Gasteiger partial charge in [0.05, 0.1) is 0 Å². The first kappa shape index (κ1) is 8.59. The molecule has 0 heteroatoms. The van der Waals surface area contributed by atoms with Crippen molar-refractivity contribution in [2.45, 2.75) is 58.8 Å². The topological polar surface area (TPSA) is 0 Å². The van der Waals surface area contributed by atoms with Crippen molar-refractivity contribution in [1.29, 1.82) is 0 Å². The highest BCUT2D eigenvalue weighted by atomic mass is 14.6. The third kappa shape index (κ3) is 1.41. The van der Waals surface area contributed by atoms with E-state index < -0.39 is 0 Å². The second kappa shape index (κ2) is 3.05. The summed E-state index contributed by atoms with van der Waals surface area (Å²) in [4.78, 5) is 0. The third-order valence-corrected chi connectivity index (χ3v) is 4.45. The van der Waals surface area contributed by atoms with E-state index in [1.807, 2.05) is 0 Å². The molecule has 2 rings (SSSR count). The van der Waals surface area contributed by atoms with Gasteiger partial charge in [-0.05, 0) is 23.7 Å². The largest absolute Gasteiger partial charge is 0.0649 e. The predicted octanol–water partition coefficient (Wildman–Crippen LogP) is 4.00. The Hall–Kier alpha value is 0. The summed E-state index contributed by atoms with van der Waals surface area (Å²) in [5, 5.41) is 0. The van der Waals surface area contributed by atoms with Gasteiger partial charge in [0.25, 0.3) is 0 Å². The van der Waals surface area contributed by atoms with E-state index in [0.29, 0.717) is 0 Å². The molecule has 0 amide bonds. The molecule has 0 heterocycles. The Balaban J connectivity index is 1.86. The van der Waals surface area contributed by atoms with Crippen LogP contribution in [0.3, 0.4) is 0 Å². The fourth-order valence-electron chi connectivity index (χ4n) is 3.12. The number of hydrogen-bond donors (Lipinski definition) is 0. The second-order valence-electron chi connectivity index (χ2n) is 5.22. The Kier molecular flexibility index (Phi) is 2.18. The summed E-state index contributed by atoms with van der Waals surface area (Å²) in [6, 6.07) is 0. The summed E-state index contributed by atoms with van der Waals surface area (Å²) in [6.45, 7) is 4.86. The maximum atomic E-state index is 2.49. The van der Waals surface area contributed by atoms with E-state index in [1.165, 1.54) is 32.1 Å². The van der Waals surface area contributed by atoms with Crippen LogP contribution in [0.25, 0.3) is 0 Å². The summed E-state index contributed by atoms with van der Waals surface area (Å²) < 4.78 is 0. The average molecular weight is 166 g/mol. The van der Waals surface area contributed by atoms with Crippen LogP contribution in [-0.2, 0) is 0 Å². The monoisotopic (exact) mass is 166 g/mol. The first-order valence-corrected chi connectivity index (χ1v) is 5.76. The van der Waals surface area contributed by atoms with E-state index in [4.69, 9.17) is 0 Å². The van der Waals surface area contributed by atoms with Gasteiger partial charge in [0.1, 0.15) is 0 Å². The minimum absolute atomic E-state index is 0.766. The van der Waals surface area contributed by atoms with Crippen LogP contribution < -0.4 is 0 Å². The molecule has 0 aromatic heterocycles. The van der Waals surface area contributed by atoms with Crippen molar-refractivity contribution in [2.75, 3.05) is 0 Å². The highest BCUT2D eigenvalue weighted by molar-refractivity contribution is 5.01. The molecule has 0 spiro atoms. The molecule has 2 atom stereocenters. The van der Waals surface area contributed by atoms with Crippen molar-refractivity contribution < 1.29 is 0 Å². The van der Waals surface area contributed by atoms with Crippen molar-refractivity contribution in [3.8, 4) is 0 Å². The van der Waals surface area contributed by atoms with Crippen molar-refractivity contribution in [2.24, 2.45) is 17.3 Å². The van der Waals surface area contributed by atoms with Gasteiger partial charge < -0.3 is 0 Å². The molecule has 0 aliphatic heterocycles. The van der Waals surface area contributed by atoms with Gasteiger partial charge in [-0.1, -0.05) is 52.4 Å². The van der Waals surface area contributed by atoms with Gasteiger partial charge in [-0.2, -0.15) is 0 Å². The van der Waals surface area contributed by atoms with Crippen molar-refractivity contribution in [3.05, 3.63) is 0 Å². The van der Waals surface area contributed by atoms with E-state index in [2.05, 4.69) is 13.8 Å². The minimum Gasteiger partial charge on any atom is -0.0649 e. The van der Waals surface area contributed by atoms with Gasteiger partial charge >= 0.3 is 0 Å². The molecule has 2 aliphatic carbocycles. The normalized spacial score (nSPS) is 43.0. The zero-order chi connectivity index (χ0) is 8.60. The maximum Gasteiger partial charge on any atom is -0.0294 e. The number of hydrogen-bond acceptors (Lipinski definition) is 0. The summed E-state index contributed by atoms with van der Waals surface area (Å²) in [5.74, 6) is 2.23. The van der Waals surface area contributed by atoms with E-state index >= 15 is 0 Å². The molecule has 0 nitrogen and oxygen atoms in total. The summed E-state index contributed by atoms with van der Waals surface area (Å²) in [5.41, 5.74) is 0.766. The lowest BCUT2D eigenvalue weighted by atomic mass is 9.82. The molecule has 2 saturated carbocycles. The van der Waals surface area contributed by atoms with Crippen LogP contribution in [0.2, 0.25) is 0 Å². The molecule has 0 radical (unpaired) electrons. The summed E-state index contributed by atoms with van der Waals surface area (Å²) >= 11 is 0. The van der Waals surface area contributed by atoms with Crippen LogP contribution >= 0.6 is 0 Å². The summed E-state index contributed by atoms with van der Waals surface area (Å²) in [7, 11) is 0. The molecule has 0 N–H and O–H groups in total. The molecular weight excluding hydrogens is 144 g/mol. The predicted molar refractivity (Wildman–Crippen MR) is 53.1 cm³/mol. The smallest absolute Gasteiger partial charge is 0.0294 e. The van der Waals surface area contributed by atoms with Crippen molar-refractivity contribution in [3.63, 3.8) is 0 Å². The Morgan fingerprint density at radius 2 is 1.83 bits per heavy atom. The Morgan fingerprint density at radius 3 is 2.33 bits per heavy atom. The Labute approximate surface area is 76.7 Å². The molecule has 12 heavy (non-hydrogen) atoms. The second-order valence-corrected chi connectivity index (χ2v) is 5.22. The molecule has 2 aliphatic rings. The lowest BCUT2D eigenvalue weighted by Crippen LogP contribution is -2.12. The van der Waals surface area contributed by atoms with Gasteiger partial charge in [0.2, 0.25) is 0 Å². The molecule has 2 unspecified atom stereocenters. The van der Waals surface area contributed by atoms with Gasteiger partial charge in [0.15, 0.2) is 0 Å². The fourth-order valence-corrected chi connectivity index (χ4v) is 3.12. The van der Waals surface area contributed by atoms with E-state index in [1.54, 1.807) is 12.8 Å². The first-order chi connectivity index (χ1) is 5.76. The number of rotatable bonds is 2. The molecule has 0 aromatic carbocycles. The van der Waals surface area contributed by atoms with Crippen LogP contribution in [0.5, 0.6) is 0 Å². The van der Waals surface area contributed by atoms with Crippen molar-refractivity contribution in [1.82, 2.24) is 0 Å². The third-order valence-electron chi connectivity index (χ3n) is 4.45. The Bertz CT molecular complexity index is 153. The quantitative estimate of drug-likeness (QED) is 0.581. The van der Waals surface area contributed by atoms with E-state index in [0.717, 1.165) is 17.3 Å². The van der Waals surface area contributed by atoms with Gasteiger partial charge in [0, 0.05) is 0 Å². The minimum atomic E-state index is 0.766. The highest BCUT2D eigenvalue weighted by Gasteiger charge is 2.51. The van der Waals surface area contributed by atoms with Crippen LogP contribution in [0, 0.1) is 17.3 Å². The molecule has 0 saturated heterocycles. The maximum absolute atomic E-state index is 2.49. The molecule has 2 fully saturated rings. The van der Waals surface area contributed by atoms with E-state index in [9.17, 15) is 0 Å². The molecular formula is C12H22. The molecule has 70 valence electrons. The van der Waals surface area contributed by atoms with E-state index in [-0.39, 0.29) is 0 Å². The molecule has 0 bridgehead atoms. The lowest BCUT2D eigenvalue weighted by Gasteiger charge is -2.23. The summed E-state index contributed by atoms with van der Waals surface area (Å²) in [6.07, 6.45) is 10.6. The average Bonchev–Trinajstić information content (AvgIpc) is 2.81.